The predicted molar refractivity (Wildman–Crippen MR) is 61.6 cm³/mol. The molecule has 0 bridgehead atoms. The molecular weight excluding hydrogens is 246 g/mol. The van der Waals surface area contributed by atoms with Crippen LogP contribution in [0.3, 0.4) is 0 Å². The molecule has 2 aromatic rings. The molecule has 0 saturated carbocycles. The van der Waals surface area contributed by atoms with Gasteiger partial charge in [-0.05, 0) is 29.3 Å². The summed E-state index contributed by atoms with van der Waals surface area (Å²) in [4.78, 5) is 3.83. The van der Waals surface area contributed by atoms with Crippen molar-refractivity contribution < 1.29 is 8.78 Å². The summed E-state index contributed by atoms with van der Waals surface area (Å²) < 4.78 is 25.9. The number of nitrogens with zero attached hydrogens (tertiary/aromatic N) is 1. The topological polar surface area (TPSA) is 38.9 Å². The zero-order valence-electron chi connectivity index (χ0n) is 8.70. The van der Waals surface area contributed by atoms with Crippen molar-refractivity contribution in [3.8, 4) is 0 Å². The highest BCUT2D eigenvalue weighted by molar-refractivity contribution is 6.31. The Morgan fingerprint density at radius 3 is 2.59 bits per heavy atom. The Balaban J connectivity index is 2.40. The highest BCUT2D eigenvalue weighted by Gasteiger charge is 2.14. The highest BCUT2D eigenvalue weighted by Crippen LogP contribution is 2.26. The first-order valence-corrected chi connectivity index (χ1v) is 5.27. The molecule has 1 aromatic carbocycles. The summed E-state index contributed by atoms with van der Waals surface area (Å²) in [5, 5.41) is 0.393. The fraction of sp³-hybridized carbons (Fsp3) is 0.0833. The van der Waals surface area contributed by atoms with Crippen LogP contribution in [0.2, 0.25) is 5.02 Å². The number of hydrogen-bond donors (Lipinski definition) is 1. The second-order valence-electron chi connectivity index (χ2n) is 3.55. The van der Waals surface area contributed by atoms with Crippen molar-refractivity contribution in [2.75, 3.05) is 0 Å². The maximum Gasteiger partial charge on any atom is 0.159 e. The number of rotatable bonds is 2. The number of aromatic nitrogens is 1. The van der Waals surface area contributed by atoms with Gasteiger partial charge in [-0.25, -0.2) is 8.78 Å². The smallest absolute Gasteiger partial charge is 0.159 e. The van der Waals surface area contributed by atoms with Crippen LogP contribution < -0.4 is 5.73 Å². The van der Waals surface area contributed by atoms with Gasteiger partial charge in [0, 0.05) is 12.4 Å². The fourth-order valence-corrected chi connectivity index (χ4v) is 1.76. The van der Waals surface area contributed by atoms with Crippen LogP contribution in [-0.4, -0.2) is 4.98 Å². The van der Waals surface area contributed by atoms with E-state index in [-0.39, 0.29) is 0 Å². The van der Waals surface area contributed by atoms with Gasteiger partial charge in [0.25, 0.3) is 0 Å². The Labute approximate surface area is 102 Å². The van der Waals surface area contributed by atoms with E-state index in [1.165, 1.54) is 12.3 Å². The van der Waals surface area contributed by atoms with Crippen LogP contribution >= 0.6 is 11.6 Å². The van der Waals surface area contributed by atoms with E-state index in [0.717, 1.165) is 12.1 Å². The van der Waals surface area contributed by atoms with Crippen molar-refractivity contribution in [1.29, 1.82) is 0 Å². The van der Waals surface area contributed by atoms with Gasteiger partial charge in [0.15, 0.2) is 11.6 Å². The van der Waals surface area contributed by atoms with Crippen molar-refractivity contribution in [3.05, 3.63) is 64.4 Å². The van der Waals surface area contributed by atoms with Gasteiger partial charge in [-0.2, -0.15) is 0 Å². The van der Waals surface area contributed by atoms with Gasteiger partial charge in [0.1, 0.15) is 0 Å². The molecular formula is C12H9ClF2N2. The quantitative estimate of drug-likeness (QED) is 0.895. The standard InChI is InChI=1S/C12H9ClF2N2/c13-9-6-17-4-3-8(9)12(16)7-1-2-10(14)11(15)5-7/h1-6,12H,16H2. The molecule has 1 atom stereocenters. The van der Waals surface area contributed by atoms with Crippen molar-refractivity contribution in [2.24, 2.45) is 5.73 Å². The zero-order chi connectivity index (χ0) is 12.4. The average Bonchev–Trinajstić information content (AvgIpc) is 2.32. The molecule has 5 heteroatoms. The molecule has 2 N–H and O–H groups in total. The van der Waals surface area contributed by atoms with Crippen LogP contribution in [0.15, 0.2) is 36.7 Å². The van der Waals surface area contributed by atoms with Crippen LogP contribution in [0.1, 0.15) is 17.2 Å². The molecule has 2 rings (SSSR count). The lowest BCUT2D eigenvalue weighted by Crippen LogP contribution is -2.13. The third-order valence-electron chi connectivity index (χ3n) is 2.44. The molecule has 0 aliphatic carbocycles. The van der Waals surface area contributed by atoms with E-state index in [1.54, 1.807) is 12.3 Å². The molecule has 0 fully saturated rings. The summed E-state index contributed by atoms with van der Waals surface area (Å²) in [7, 11) is 0. The van der Waals surface area contributed by atoms with Crippen molar-refractivity contribution >= 4 is 11.6 Å². The molecule has 0 aliphatic rings. The molecule has 88 valence electrons. The van der Waals surface area contributed by atoms with Gasteiger partial charge < -0.3 is 5.73 Å². The maximum absolute atomic E-state index is 13.1. The minimum Gasteiger partial charge on any atom is -0.320 e. The van der Waals surface area contributed by atoms with E-state index in [9.17, 15) is 8.78 Å². The zero-order valence-corrected chi connectivity index (χ0v) is 9.46. The Kier molecular flexibility index (Phi) is 3.36. The lowest BCUT2D eigenvalue weighted by molar-refractivity contribution is 0.506. The van der Waals surface area contributed by atoms with E-state index >= 15 is 0 Å². The summed E-state index contributed by atoms with van der Waals surface area (Å²) in [6, 6.07) is 4.57. The lowest BCUT2D eigenvalue weighted by atomic mass is 10.0. The largest absolute Gasteiger partial charge is 0.320 e. The molecule has 1 aromatic heterocycles. The summed E-state index contributed by atoms with van der Waals surface area (Å²) in [6.45, 7) is 0. The molecule has 0 aliphatic heterocycles. The normalized spacial score (nSPS) is 12.5. The molecule has 17 heavy (non-hydrogen) atoms. The first-order valence-electron chi connectivity index (χ1n) is 4.89. The third-order valence-corrected chi connectivity index (χ3v) is 2.76. The number of hydrogen-bond acceptors (Lipinski definition) is 2. The van der Waals surface area contributed by atoms with Crippen molar-refractivity contribution in [3.63, 3.8) is 0 Å². The summed E-state index contributed by atoms with van der Waals surface area (Å²) in [5.74, 6) is -1.83. The van der Waals surface area contributed by atoms with Crippen LogP contribution in [0.5, 0.6) is 0 Å². The summed E-state index contributed by atoms with van der Waals surface area (Å²) in [6.07, 6.45) is 3.00. The monoisotopic (exact) mass is 254 g/mol. The van der Waals surface area contributed by atoms with Gasteiger partial charge >= 0.3 is 0 Å². The number of nitrogens with two attached hydrogens (primary N) is 1. The second kappa shape index (κ2) is 4.77. The predicted octanol–water partition coefficient (Wildman–Crippen LogP) is 3.06. The summed E-state index contributed by atoms with van der Waals surface area (Å²) in [5.41, 5.74) is 7.01. The molecule has 0 spiro atoms. The second-order valence-corrected chi connectivity index (χ2v) is 3.96. The Morgan fingerprint density at radius 2 is 1.94 bits per heavy atom. The SMILES string of the molecule is NC(c1ccc(F)c(F)c1)c1ccncc1Cl. The van der Waals surface area contributed by atoms with Gasteiger partial charge in [0.2, 0.25) is 0 Å². The van der Waals surface area contributed by atoms with E-state index in [0.29, 0.717) is 16.1 Å². The fourth-order valence-electron chi connectivity index (χ4n) is 1.52. The van der Waals surface area contributed by atoms with E-state index in [2.05, 4.69) is 4.98 Å². The molecule has 1 unspecified atom stereocenters. The van der Waals surface area contributed by atoms with Gasteiger partial charge in [-0.1, -0.05) is 17.7 Å². The van der Waals surface area contributed by atoms with Crippen LogP contribution in [0.25, 0.3) is 0 Å². The Hall–Kier alpha value is -1.52. The molecule has 1 heterocycles. The Bertz CT molecular complexity index is 546. The Morgan fingerprint density at radius 1 is 1.18 bits per heavy atom. The van der Waals surface area contributed by atoms with Gasteiger partial charge in [0.05, 0.1) is 11.1 Å². The van der Waals surface area contributed by atoms with Gasteiger partial charge in [-0.3, -0.25) is 4.98 Å². The third kappa shape index (κ3) is 2.43. The van der Waals surface area contributed by atoms with Crippen LogP contribution in [0, 0.1) is 11.6 Å². The minimum atomic E-state index is -0.928. The number of pyridine rings is 1. The highest BCUT2D eigenvalue weighted by atomic mass is 35.5. The van der Waals surface area contributed by atoms with Crippen molar-refractivity contribution in [1.82, 2.24) is 4.98 Å². The van der Waals surface area contributed by atoms with Crippen LogP contribution in [-0.2, 0) is 0 Å². The lowest BCUT2D eigenvalue weighted by Gasteiger charge is -2.13. The summed E-state index contributed by atoms with van der Waals surface area (Å²) >= 11 is 5.93. The van der Waals surface area contributed by atoms with E-state index in [4.69, 9.17) is 17.3 Å². The average molecular weight is 255 g/mol. The molecule has 0 saturated heterocycles. The molecule has 0 amide bonds. The molecule has 2 nitrogen and oxygen atoms in total. The van der Waals surface area contributed by atoms with E-state index < -0.39 is 17.7 Å². The van der Waals surface area contributed by atoms with Crippen LogP contribution in [0.4, 0.5) is 8.78 Å². The van der Waals surface area contributed by atoms with Gasteiger partial charge in [-0.15, -0.1) is 0 Å². The first-order chi connectivity index (χ1) is 8.09. The first kappa shape index (κ1) is 12.0. The minimum absolute atomic E-state index is 0.393. The molecule has 0 radical (unpaired) electrons. The number of halogens is 3. The maximum atomic E-state index is 13.1. The number of benzene rings is 1. The van der Waals surface area contributed by atoms with E-state index in [1.807, 2.05) is 0 Å². The van der Waals surface area contributed by atoms with Crippen molar-refractivity contribution in [2.45, 2.75) is 6.04 Å².